The Labute approximate surface area is 112 Å². The first-order valence-corrected chi connectivity index (χ1v) is 7.46. The second-order valence-electron chi connectivity index (χ2n) is 4.63. The second-order valence-corrected chi connectivity index (χ2v) is 5.49. The van der Waals surface area contributed by atoms with Crippen LogP contribution in [0.1, 0.15) is 43.0 Å². The van der Waals surface area contributed by atoms with Crippen LogP contribution in [0, 0.1) is 0 Å². The van der Waals surface area contributed by atoms with Crippen LogP contribution in [0.4, 0.5) is 0 Å². The van der Waals surface area contributed by atoms with Crippen molar-refractivity contribution in [2.24, 2.45) is 0 Å². The number of rotatable bonds is 7. The Balaban J connectivity index is 2.49. The highest BCUT2D eigenvalue weighted by Crippen LogP contribution is 2.14. The first-order valence-electron chi connectivity index (χ1n) is 6.06. The van der Waals surface area contributed by atoms with Gasteiger partial charge in [0, 0.05) is 6.54 Å². The number of carbonyl (C=O) groups is 1. The predicted octanol–water partition coefficient (Wildman–Crippen LogP) is 2.42. The third-order valence-corrected chi connectivity index (χ3v) is 3.16. The number of aliphatic hydroxyl groups is 1. The van der Waals surface area contributed by atoms with E-state index >= 15 is 0 Å². The van der Waals surface area contributed by atoms with Gasteiger partial charge in [-0.25, -0.2) is 0 Å². The van der Waals surface area contributed by atoms with E-state index in [-0.39, 0.29) is 12.5 Å². The maximum atomic E-state index is 11.8. The minimum Gasteiger partial charge on any atom is -0.455 e. The molecule has 1 aromatic rings. The molecule has 0 aliphatic carbocycles. The van der Waals surface area contributed by atoms with Crippen molar-refractivity contribution in [2.75, 3.05) is 12.8 Å². The molecule has 0 aliphatic heterocycles. The van der Waals surface area contributed by atoms with Gasteiger partial charge in [-0.15, -0.1) is 0 Å². The summed E-state index contributed by atoms with van der Waals surface area (Å²) in [6.07, 6.45) is 3.51. The van der Waals surface area contributed by atoms with E-state index in [0.29, 0.717) is 12.2 Å². The van der Waals surface area contributed by atoms with E-state index in [2.05, 4.69) is 5.32 Å². The maximum Gasteiger partial charge on any atom is 0.287 e. The van der Waals surface area contributed by atoms with Crippen LogP contribution in [-0.2, 0) is 5.75 Å². The van der Waals surface area contributed by atoms with Gasteiger partial charge in [0.25, 0.3) is 5.91 Å². The molecule has 4 nitrogen and oxygen atoms in total. The average molecular weight is 271 g/mol. The van der Waals surface area contributed by atoms with E-state index < -0.39 is 5.60 Å². The van der Waals surface area contributed by atoms with E-state index in [9.17, 15) is 9.90 Å². The fourth-order valence-electron chi connectivity index (χ4n) is 1.70. The lowest BCUT2D eigenvalue weighted by Crippen LogP contribution is -2.40. The van der Waals surface area contributed by atoms with Gasteiger partial charge in [-0.05, 0) is 31.7 Å². The lowest BCUT2D eigenvalue weighted by Gasteiger charge is -2.22. The van der Waals surface area contributed by atoms with Gasteiger partial charge in [-0.3, -0.25) is 4.79 Å². The van der Waals surface area contributed by atoms with E-state index in [1.807, 2.05) is 13.2 Å². The van der Waals surface area contributed by atoms with Crippen molar-refractivity contribution in [1.82, 2.24) is 5.32 Å². The van der Waals surface area contributed by atoms with E-state index in [4.69, 9.17) is 4.42 Å². The van der Waals surface area contributed by atoms with Crippen LogP contribution in [0.2, 0.25) is 0 Å². The molecule has 0 bridgehead atoms. The van der Waals surface area contributed by atoms with Crippen LogP contribution in [0.3, 0.4) is 0 Å². The van der Waals surface area contributed by atoms with Crippen LogP contribution in [-0.4, -0.2) is 29.4 Å². The first-order chi connectivity index (χ1) is 8.48. The Kier molecular flexibility index (Phi) is 5.75. The highest BCUT2D eigenvalue weighted by atomic mass is 32.2. The molecule has 0 aliphatic rings. The summed E-state index contributed by atoms with van der Waals surface area (Å²) in [5.74, 6) is 1.55. The molecule has 1 aromatic heterocycles. The van der Waals surface area contributed by atoms with Crippen molar-refractivity contribution < 1.29 is 14.3 Å². The summed E-state index contributed by atoms with van der Waals surface area (Å²) in [4.78, 5) is 11.8. The highest BCUT2D eigenvalue weighted by molar-refractivity contribution is 7.97. The van der Waals surface area contributed by atoms with Crippen LogP contribution >= 0.6 is 11.8 Å². The smallest absolute Gasteiger partial charge is 0.287 e. The van der Waals surface area contributed by atoms with Gasteiger partial charge < -0.3 is 14.8 Å². The lowest BCUT2D eigenvalue weighted by molar-refractivity contribution is 0.0463. The Morgan fingerprint density at radius 1 is 1.56 bits per heavy atom. The number of carbonyl (C=O) groups excluding carboxylic acids is 1. The SMILES string of the molecule is CCCC(C)(O)CNC(=O)c1ccc(CSC)o1. The van der Waals surface area contributed by atoms with Crippen molar-refractivity contribution in [3.63, 3.8) is 0 Å². The molecule has 0 fully saturated rings. The third-order valence-electron chi connectivity index (χ3n) is 2.59. The van der Waals surface area contributed by atoms with Gasteiger partial charge in [-0.1, -0.05) is 13.3 Å². The number of hydrogen-bond donors (Lipinski definition) is 2. The molecule has 1 unspecified atom stereocenters. The first kappa shape index (κ1) is 15.1. The van der Waals surface area contributed by atoms with Crippen molar-refractivity contribution in [3.05, 3.63) is 23.7 Å². The monoisotopic (exact) mass is 271 g/mol. The summed E-state index contributed by atoms with van der Waals surface area (Å²) >= 11 is 1.64. The molecule has 1 amide bonds. The summed E-state index contributed by atoms with van der Waals surface area (Å²) in [7, 11) is 0. The molecule has 5 heteroatoms. The zero-order valence-electron chi connectivity index (χ0n) is 11.2. The molecule has 18 heavy (non-hydrogen) atoms. The van der Waals surface area contributed by atoms with Crippen molar-refractivity contribution >= 4 is 17.7 Å². The lowest BCUT2D eigenvalue weighted by atomic mass is 10.0. The molecule has 1 atom stereocenters. The minimum atomic E-state index is -0.862. The van der Waals surface area contributed by atoms with Gasteiger partial charge in [0.15, 0.2) is 5.76 Å². The molecule has 0 spiro atoms. The fourth-order valence-corrected chi connectivity index (χ4v) is 2.14. The molecule has 0 saturated carbocycles. The number of hydrogen-bond acceptors (Lipinski definition) is 4. The number of amides is 1. The van der Waals surface area contributed by atoms with Crippen molar-refractivity contribution in [3.8, 4) is 0 Å². The molecule has 0 aromatic carbocycles. The van der Waals surface area contributed by atoms with E-state index in [0.717, 1.165) is 17.9 Å². The van der Waals surface area contributed by atoms with Crippen molar-refractivity contribution in [2.45, 2.75) is 38.0 Å². The molecule has 1 heterocycles. The van der Waals surface area contributed by atoms with Gasteiger partial charge in [0.1, 0.15) is 5.76 Å². The Morgan fingerprint density at radius 3 is 2.89 bits per heavy atom. The average Bonchev–Trinajstić information content (AvgIpc) is 2.75. The fraction of sp³-hybridized carbons (Fsp3) is 0.615. The Hall–Kier alpha value is -0.940. The van der Waals surface area contributed by atoms with E-state index in [1.54, 1.807) is 30.8 Å². The minimum absolute atomic E-state index is 0.234. The molecule has 102 valence electrons. The standard InChI is InChI=1S/C13H21NO3S/c1-4-7-13(2,16)9-14-12(15)11-6-5-10(17-11)8-18-3/h5-6,16H,4,7-9H2,1-3H3,(H,14,15). The maximum absolute atomic E-state index is 11.8. The molecule has 2 N–H and O–H groups in total. The normalized spacial score (nSPS) is 14.2. The quantitative estimate of drug-likeness (QED) is 0.799. The van der Waals surface area contributed by atoms with Crippen LogP contribution in [0.25, 0.3) is 0 Å². The zero-order chi connectivity index (χ0) is 13.6. The summed E-state index contributed by atoms with van der Waals surface area (Å²) < 4.78 is 5.40. The Bertz CT molecular complexity index is 387. The molecule has 0 saturated heterocycles. The number of nitrogens with one attached hydrogen (secondary N) is 1. The molecule has 0 radical (unpaired) electrons. The van der Waals surface area contributed by atoms with Gasteiger partial charge in [0.05, 0.1) is 11.4 Å². The zero-order valence-corrected chi connectivity index (χ0v) is 12.0. The van der Waals surface area contributed by atoms with Crippen LogP contribution in [0.5, 0.6) is 0 Å². The topological polar surface area (TPSA) is 62.5 Å². The van der Waals surface area contributed by atoms with Crippen LogP contribution in [0.15, 0.2) is 16.5 Å². The van der Waals surface area contributed by atoms with Gasteiger partial charge in [0.2, 0.25) is 0 Å². The summed E-state index contributed by atoms with van der Waals surface area (Å²) in [6.45, 7) is 3.95. The second kappa shape index (κ2) is 6.85. The van der Waals surface area contributed by atoms with Gasteiger partial charge in [-0.2, -0.15) is 11.8 Å². The largest absolute Gasteiger partial charge is 0.455 e. The number of furan rings is 1. The van der Waals surface area contributed by atoms with Crippen molar-refractivity contribution in [1.29, 1.82) is 0 Å². The predicted molar refractivity (Wildman–Crippen MR) is 73.8 cm³/mol. The Morgan fingerprint density at radius 2 is 2.28 bits per heavy atom. The molecular weight excluding hydrogens is 250 g/mol. The number of thioether (sulfide) groups is 1. The van der Waals surface area contributed by atoms with Gasteiger partial charge >= 0.3 is 0 Å². The highest BCUT2D eigenvalue weighted by Gasteiger charge is 2.21. The summed E-state index contributed by atoms with van der Waals surface area (Å²) in [6, 6.07) is 3.46. The third kappa shape index (κ3) is 4.74. The molecule has 1 rings (SSSR count). The molecular formula is C13H21NO3S. The summed E-state index contributed by atoms with van der Waals surface area (Å²) in [5.41, 5.74) is -0.862. The summed E-state index contributed by atoms with van der Waals surface area (Å²) in [5, 5.41) is 12.6. The van der Waals surface area contributed by atoms with E-state index in [1.165, 1.54) is 0 Å². The van der Waals surface area contributed by atoms with Crippen LogP contribution < -0.4 is 5.32 Å².